The maximum absolute atomic E-state index is 10.4. The van der Waals surface area contributed by atoms with Crippen LogP contribution in [0, 0.1) is 0 Å². The summed E-state index contributed by atoms with van der Waals surface area (Å²) in [5.74, 6) is 0. The zero-order valence-corrected chi connectivity index (χ0v) is 6.71. The second kappa shape index (κ2) is 6.23. The Morgan fingerprint density at radius 2 is 2.27 bits per heavy atom. The van der Waals surface area contributed by atoms with E-state index in [1.54, 1.807) is 7.05 Å². The van der Waals surface area contributed by atoms with Crippen molar-refractivity contribution in [2.45, 2.75) is 12.2 Å². The van der Waals surface area contributed by atoms with E-state index in [-0.39, 0.29) is 12.2 Å². The Morgan fingerprint density at radius 1 is 1.64 bits per heavy atom. The van der Waals surface area contributed by atoms with Crippen molar-refractivity contribution >= 4 is 6.29 Å². The fraction of sp³-hybridized carbons (Fsp3) is 0.833. The van der Waals surface area contributed by atoms with E-state index in [1.165, 1.54) is 0 Å². The summed E-state index contributed by atoms with van der Waals surface area (Å²) in [7, 11) is 1.70. The van der Waals surface area contributed by atoms with Crippen LogP contribution in [0.5, 0.6) is 0 Å². The van der Waals surface area contributed by atoms with Gasteiger partial charge in [0, 0.05) is 13.1 Å². The molecule has 0 aliphatic rings. The second-order valence-electron chi connectivity index (χ2n) is 2.22. The van der Waals surface area contributed by atoms with Crippen molar-refractivity contribution in [2.24, 2.45) is 11.5 Å². The lowest BCUT2D eigenvalue weighted by molar-refractivity contribution is -0.110. The van der Waals surface area contributed by atoms with E-state index < -0.39 is 0 Å². The van der Waals surface area contributed by atoms with Gasteiger partial charge in [0.15, 0.2) is 0 Å². The highest BCUT2D eigenvalue weighted by atomic mass is 16.1. The van der Waals surface area contributed by atoms with Crippen molar-refractivity contribution < 1.29 is 4.79 Å². The van der Waals surface area contributed by atoms with Gasteiger partial charge in [-0.25, -0.2) is 0 Å². The lowest BCUT2D eigenvalue weighted by Gasteiger charge is -2.18. The summed E-state index contributed by atoms with van der Waals surface area (Å²) < 4.78 is 0. The van der Waals surface area contributed by atoms with Gasteiger partial charge < -0.3 is 26.9 Å². The average Bonchev–Trinajstić information content (AvgIpc) is 2.05. The molecule has 0 radical (unpaired) electrons. The number of likely N-dealkylation sites (N-methyl/N-ethyl adjacent to an activating group) is 1. The monoisotopic (exact) mass is 160 g/mol. The Hall–Kier alpha value is -0.490. The van der Waals surface area contributed by atoms with Crippen LogP contribution in [-0.2, 0) is 4.79 Å². The summed E-state index contributed by atoms with van der Waals surface area (Å²) in [5.41, 5.74) is 10.8. The molecule has 0 spiro atoms. The number of aldehydes is 1. The van der Waals surface area contributed by atoms with E-state index >= 15 is 0 Å². The molecule has 11 heavy (non-hydrogen) atoms. The molecule has 6 N–H and O–H groups in total. The predicted octanol–water partition coefficient (Wildman–Crippen LogP) is -2.39. The van der Waals surface area contributed by atoms with Gasteiger partial charge >= 0.3 is 0 Å². The molecule has 5 nitrogen and oxygen atoms in total. The average molecular weight is 160 g/mol. The lowest BCUT2D eigenvalue weighted by Crippen LogP contribution is -2.54. The molecule has 0 bridgehead atoms. The van der Waals surface area contributed by atoms with Gasteiger partial charge in [-0.05, 0) is 7.05 Å². The van der Waals surface area contributed by atoms with Crippen LogP contribution < -0.4 is 22.1 Å². The molecule has 0 saturated carbocycles. The maximum Gasteiger partial charge on any atom is 0.139 e. The minimum Gasteiger partial charge on any atom is -0.329 e. The molecule has 2 atom stereocenters. The predicted molar refractivity (Wildman–Crippen MR) is 43.9 cm³/mol. The topological polar surface area (TPSA) is 93.2 Å². The molecule has 0 fully saturated rings. The van der Waals surface area contributed by atoms with E-state index in [1.807, 2.05) is 0 Å². The number of rotatable bonds is 6. The molecule has 0 aromatic rings. The zero-order chi connectivity index (χ0) is 8.69. The van der Waals surface area contributed by atoms with Crippen LogP contribution in [0.1, 0.15) is 0 Å². The highest BCUT2D eigenvalue weighted by Crippen LogP contribution is 1.79. The third kappa shape index (κ3) is 4.05. The molecule has 0 saturated heterocycles. The van der Waals surface area contributed by atoms with Crippen LogP contribution in [0.25, 0.3) is 0 Å². The van der Waals surface area contributed by atoms with E-state index in [0.29, 0.717) is 13.1 Å². The first kappa shape index (κ1) is 10.5. The number of hydrogen-bond donors (Lipinski definition) is 4. The second-order valence-corrected chi connectivity index (χ2v) is 2.22. The summed E-state index contributed by atoms with van der Waals surface area (Å²) in [6.07, 6.45) is 0.427. The van der Waals surface area contributed by atoms with Crippen molar-refractivity contribution in [1.82, 2.24) is 10.6 Å². The van der Waals surface area contributed by atoms with Gasteiger partial charge in [-0.2, -0.15) is 0 Å². The Kier molecular flexibility index (Phi) is 5.96. The normalized spacial score (nSPS) is 15.9. The van der Waals surface area contributed by atoms with Crippen LogP contribution in [0.4, 0.5) is 0 Å². The van der Waals surface area contributed by atoms with Crippen LogP contribution in [0.3, 0.4) is 0 Å². The Bertz CT molecular complexity index is 109. The summed E-state index contributed by atoms with van der Waals surface area (Å²) in [5, 5.41) is 5.66. The standard InChI is InChI=1S/C6H16N4O/c1-9-6(8)5(4-11)10-3-2-7/h4-6,9-10H,2-3,7-8H2,1H3. The van der Waals surface area contributed by atoms with Gasteiger partial charge in [0.1, 0.15) is 6.29 Å². The third-order valence-electron chi connectivity index (χ3n) is 1.39. The highest BCUT2D eigenvalue weighted by molar-refractivity contribution is 5.58. The number of nitrogens with two attached hydrogens (primary N) is 2. The van der Waals surface area contributed by atoms with E-state index in [4.69, 9.17) is 11.5 Å². The van der Waals surface area contributed by atoms with Crippen LogP contribution in [0.2, 0.25) is 0 Å². The molecule has 2 unspecified atom stereocenters. The molecule has 0 amide bonds. The number of hydrogen-bond acceptors (Lipinski definition) is 5. The summed E-state index contributed by atoms with van der Waals surface area (Å²) >= 11 is 0. The van der Waals surface area contributed by atoms with Crippen molar-refractivity contribution in [3.8, 4) is 0 Å². The van der Waals surface area contributed by atoms with Gasteiger partial charge in [0.25, 0.3) is 0 Å². The van der Waals surface area contributed by atoms with Crippen LogP contribution >= 0.6 is 0 Å². The van der Waals surface area contributed by atoms with Crippen molar-refractivity contribution in [3.63, 3.8) is 0 Å². The van der Waals surface area contributed by atoms with Gasteiger partial charge in [-0.3, -0.25) is 0 Å². The van der Waals surface area contributed by atoms with E-state index in [9.17, 15) is 4.79 Å². The number of carbonyl (C=O) groups is 1. The van der Waals surface area contributed by atoms with Crippen molar-refractivity contribution in [3.05, 3.63) is 0 Å². The quantitative estimate of drug-likeness (QED) is 0.257. The van der Waals surface area contributed by atoms with E-state index in [0.717, 1.165) is 6.29 Å². The SMILES string of the molecule is CNC(N)C(C=O)NCCN. The summed E-state index contributed by atoms with van der Waals surface area (Å²) in [4.78, 5) is 10.4. The van der Waals surface area contributed by atoms with Crippen LogP contribution in [-0.4, -0.2) is 38.6 Å². The smallest absolute Gasteiger partial charge is 0.139 e. The molecule has 0 aliphatic heterocycles. The van der Waals surface area contributed by atoms with Gasteiger partial charge in [0.05, 0.1) is 12.2 Å². The Labute approximate surface area is 66.5 Å². The fourth-order valence-corrected chi connectivity index (χ4v) is 0.689. The zero-order valence-electron chi connectivity index (χ0n) is 6.71. The minimum absolute atomic E-state index is 0.348. The highest BCUT2D eigenvalue weighted by Gasteiger charge is 2.12. The lowest BCUT2D eigenvalue weighted by atomic mass is 10.2. The summed E-state index contributed by atoms with van der Waals surface area (Å²) in [6.45, 7) is 1.10. The first-order chi connectivity index (χ1) is 5.26. The minimum atomic E-state index is -0.358. The molecule has 66 valence electrons. The van der Waals surface area contributed by atoms with Crippen molar-refractivity contribution in [1.29, 1.82) is 0 Å². The summed E-state index contributed by atoms with van der Waals surface area (Å²) in [6, 6.07) is -0.358. The maximum atomic E-state index is 10.4. The first-order valence-corrected chi connectivity index (χ1v) is 3.57. The molecule has 0 rings (SSSR count). The Balaban J connectivity index is 3.65. The fourth-order valence-electron chi connectivity index (χ4n) is 0.689. The first-order valence-electron chi connectivity index (χ1n) is 3.57. The molecule has 0 aliphatic carbocycles. The van der Waals surface area contributed by atoms with Crippen LogP contribution in [0.15, 0.2) is 0 Å². The largest absolute Gasteiger partial charge is 0.329 e. The number of nitrogens with one attached hydrogen (secondary N) is 2. The molecule has 5 heteroatoms. The molecular weight excluding hydrogens is 144 g/mol. The molecule has 0 heterocycles. The van der Waals surface area contributed by atoms with Crippen molar-refractivity contribution in [2.75, 3.05) is 20.1 Å². The Morgan fingerprint density at radius 3 is 2.64 bits per heavy atom. The van der Waals surface area contributed by atoms with Gasteiger partial charge in [-0.15, -0.1) is 0 Å². The molecule has 0 aromatic heterocycles. The van der Waals surface area contributed by atoms with Gasteiger partial charge in [0.2, 0.25) is 0 Å². The number of carbonyl (C=O) groups excluding carboxylic acids is 1. The molecular formula is C6H16N4O. The third-order valence-corrected chi connectivity index (χ3v) is 1.39. The molecule has 0 aromatic carbocycles. The van der Waals surface area contributed by atoms with E-state index in [2.05, 4.69) is 10.6 Å². The van der Waals surface area contributed by atoms with Gasteiger partial charge in [-0.1, -0.05) is 0 Å².